The van der Waals surface area contributed by atoms with Crippen molar-refractivity contribution in [2.75, 3.05) is 24.4 Å². The van der Waals surface area contributed by atoms with Crippen LogP contribution in [0.25, 0.3) is 0 Å². The second-order valence-electron chi connectivity index (χ2n) is 5.00. The maximum Gasteiger partial charge on any atom is 0.252 e. The average Bonchev–Trinajstić information content (AvgIpc) is 2.89. The van der Waals surface area contributed by atoms with Gasteiger partial charge in [0.05, 0.1) is 12.5 Å². The number of nitrogens with one attached hydrogen (secondary N) is 2. The van der Waals surface area contributed by atoms with Crippen molar-refractivity contribution in [2.24, 2.45) is 0 Å². The molecule has 0 saturated heterocycles. The number of ether oxygens (including phenoxy) is 1. The molecule has 1 aromatic heterocycles. The van der Waals surface area contributed by atoms with Gasteiger partial charge in [-0.1, -0.05) is 23.7 Å². The zero-order valence-corrected chi connectivity index (χ0v) is 13.0. The summed E-state index contributed by atoms with van der Waals surface area (Å²) in [6.45, 7) is -0.100. The Morgan fingerprint density at radius 3 is 2.91 bits per heavy atom. The van der Waals surface area contributed by atoms with E-state index in [9.17, 15) is 9.59 Å². The van der Waals surface area contributed by atoms with Gasteiger partial charge in [0.25, 0.3) is 11.9 Å². The largest absolute Gasteiger partial charge is 0.375 e. The first-order valence-electron chi connectivity index (χ1n) is 6.87. The predicted molar refractivity (Wildman–Crippen MR) is 83.4 cm³/mol. The van der Waals surface area contributed by atoms with E-state index in [-0.39, 0.29) is 42.8 Å². The molecule has 0 fully saturated rings. The number of hydrogen-bond acceptors (Lipinski definition) is 5. The Balaban J connectivity index is 1.90. The highest BCUT2D eigenvalue weighted by Crippen LogP contribution is 2.30. The Morgan fingerprint density at radius 1 is 1.48 bits per heavy atom. The molecule has 0 bridgehead atoms. The number of methoxy groups -OCH3 is 1. The van der Waals surface area contributed by atoms with E-state index in [1.165, 1.54) is 7.11 Å². The number of rotatable bonds is 4. The summed E-state index contributed by atoms with van der Waals surface area (Å²) in [5.41, 5.74) is 0.880. The fourth-order valence-corrected chi connectivity index (χ4v) is 2.48. The number of nitrogens with zero attached hydrogens (tertiary/aromatic N) is 3. The number of anilines is 2. The fraction of sp³-hybridized carbons (Fsp3) is 0.286. The molecule has 0 saturated carbocycles. The number of amides is 2. The van der Waals surface area contributed by atoms with Crippen molar-refractivity contribution < 1.29 is 14.3 Å². The van der Waals surface area contributed by atoms with Gasteiger partial charge < -0.3 is 4.74 Å². The van der Waals surface area contributed by atoms with E-state index in [1.54, 1.807) is 16.8 Å². The van der Waals surface area contributed by atoms with Crippen LogP contribution in [0, 0.1) is 0 Å². The molecule has 3 rings (SSSR count). The van der Waals surface area contributed by atoms with Gasteiger partial charge in [0.15, 0.2) is 0 Å². The summed E-state index contributed by atoms with van der Waals surface area (Å²) in [4.78, 5) is 27.6. The summed E-state index contributed by atoms with van der Waals surface area (Å²) in [7, 11) is 1.42. The number of carbonyl (C=O) groups excluding carboxylic acids is 2. The summed E-state index contributed by atoms with van der Waals surface area (Å²) >= 11 is 5.90. The second-order valence-corrected chi connectivity index (χ2v) is 5.44. The van der Waals surface area contributed by atoms with Gasteiger partial charge in [-0.05, 0) is 17.7 Å². The minimum atomic E-state index is -0.371. The van der Waals surface area contributed by atoms with Gasteiger partial charge in [-0.2, -0.15) is 4.98 Å². The van der Waals surface area contributed by atoms with E-state index in [0.717, 1.165) is 5.56 Å². The van der Waals surface area contributed by atoms with E-state index in [2.05, 4.69) is 20.7 Å². The first-order valence-corrected chi connectivity index (χ1v) is 7.25. The summed E-state index contributed by atoms with van der Waals surface area (Å²) in [6.07, 6.45) is 0.226. The number of carbonyl (C=O) groups is 2. The van der Waals surface area contributed by atoms with Crippen molar-refractivity contribution in [1.82, 2.24) is 14.8 Å². The lowest BCUT2D eigenvalue weighted by atomic mass is 10.0. The molecule has 1 aromatic carbocycles. The standard InChI is InChI=1S/C14H14ClN5O3/c1-23-7-12(22)16-13-18-14-17-11(21)6-10(20(14)19-13)8-2-4-9(15)5-3-8/h2-5,10H,6-7H2,1H3,(H2,16,17,18,19,21,22)/t10-/m1/s1. The van der Waals surface area contributed by atoms with Gasteiger partial charge in [-0.25, -0.2) is 4.68 Å². The Kier molecular flexibility index (Phi) is 4.26. The molecule has 0 radical (unpaired) electrons. The number of benzene rings is 1. The lowest BCUT2D eigenvalue weighted by Crippen LogP contribution is -2.29. The average molecular weight is 336 g/mol. The van der Waals surface area contributed by atoms with Gasteiger partial charge in [0, 0.05) is 12.1 Å². The maximum absolute atomic E-state index is 11.9. The van der Waals surface area contributed by atoms with Crippen LogP contribution in [0.15, 0.2) is 24.3 Å². The number of fused-ring (bicyclic) bond motifs is 1. The molecule has 23 heavy (non-hydrogen) atoms. The minimum Gasteiger partial charge on any atom is -0.375 e. The van der Waals surface area contributed by atoms with Gasteiger partial charge in [0.2, 0.25) is 11.9 Å². The van der Waals surface area contributed by atoms with Crippen LogP contribution in [-0.4, -0.2) is 40.3 Å². The van der Waals surface area contributed by atoms with Crippen LogP contribution in [0.5, 0.6) is 0 Å². The quantitative estimate of drug-likeness (QED) is 0.881. The van der Waals surface area contributed by atoms with Crippen LogP contribution in [-0.2, 0) is 14.3 Å². The Hall–Kier alpha value is -2.45. The van der Waals surface area contributed by atoms with Crippen molar-refractivity contribution >= 4 is 35.3 Å². The van der Waals surface area contributed by atoms with Crippen LogP contribution in [0.3, 0.4) is 0 Å². The summed E-state index contributed by atoms with van der Waals surface area (Å²) in [5, 5.41) is 10.0. The molecule has 120 valence electrons. The Morgan fingerprint density at radius 2 is 2.22 bits per heavy atom. The zero-order chi connectivity index (χ0) is 16.4. The van der Waals surface area contributed by atoms with Crippen molar-refractivity contribution in [2.45, 2.75) is 12.5 Å². The molecule has 2 heterocycles. The molecule has 1 aliphatic rings. The molecule has 1 aliphatic heterocycles. The number of halogens is 1. The second kappa shape index (κ2) is 6.35. The highest BCUT2D eigenvalue weighted by Gasteiger charge is 2.29. The molecule has 8 nitrogen and oxygen atoms in total. The molecule has 9 heteroatoms. The molecule has 2 amide bonds. The van der Waals surface area contributed by atoms with Crippen LogP contribution < -0.4 is 10.6 Å². The van der Waals surface area contributed by atoms with E-state index in [4.69, 9.17) is 16.3 Å². The maximum atomic E-state index is 11.9. The van der Waals surface area contributed by atoms with Crippen LogP contribution in [0.2, 0.25) is 5.02 Å². The van der Waals surface area contributed by atoms with Gasteiger partial charge >= 0.3 is 0 Å². The van der Waals surface area contributed by atoms with Crippen LogP contribution in [0.4, 0.5) is 11.9 Å². The van der Waals surface area contributed by atoms with Crippen molar-refractivity contribution in [3.05, 3.63) is 34.9 Å². The first-order chi connectivity index (χ1) is 11.1. The third kappa shape index (κ3) is 3.33. The highest BCUT2D eigenvalue weighted by atomic mass is 35.5. The molecule has 0 spiro atoms. The SMILES string of the molecule is COCC(=O)Nc1nc2n(n1)[C@@H](c1ccc(Cl)cc1)CC(=O)N2. The summed E-state index contributed by atoms with van der Waals surface area (Å²) in [5.74, 6) is -0.137. The monoisotopic (exact) mass is 335 g/mol. The van der Waals surface area contributed by atoms with E-state index in [0.29, 0.717) is 5.02 Å². The Bertz CT molecular complexity index is 743. The zero-order valence-electron chi connectivity index (χ0n) is 12.2. The molecular weight excluding hydrogens is 322 g/mol. The third-order valence-corrected chi connectivity index (χ3v) is 3.59. The van der Waals surface area contributed by atoms with Crippen molar-refractivity contribution in [3.8, 4) is 0 Å². The lowest BCUT2D eigenvalue weighted by molar-refractivity contribution is -0.120. The molecule has 0 unspecified atom stereocenters. The summed E-state index contributed by atoms with van der Waals surface area (Å²) < 4.78 is 6.32. The van der Waals surface area contributed by atoms with Gasteiger partial charge in [-0.3, -0.25) is 20.2 Å². The van der Waals surface area contributed by atoms with Crippen molar-refractivity contribution in [3.63, 3.8) is 0 Å². The smallest absolute Gasteiger partial charge is 0.252 e. The predicted octanol–water partition coefficient (Wildman–Crippen LogP) is 1.45. The molecule has 0 aliphatic carbocycles. The molecule has 1 atom stereocenters. The molecular formula is C14H14ClN5O3. The first kappa shape index (κ1) is 15.4. The lowest BCUT2D eigenvalue weighted by Gasteiger charge is -2.23. The van der Waals surface area contributed by atoms with Gasteiger partial charge in [-0.15, -0.1) is 5.10 Å². The minimum absolute atomic E-state index is 0.100. The number of hydrogen-bond donors (Lipinski definition) is 2. The van der Waals surface area contributed by atoms with Crippen molar-refractivity contribution in [1.29, 1.82) is 0 Å². The van der Waals surface area contributed by atoms with Gasteiger partial charge in [0.1, 0.15) is 6.61 Å². The van der Waals surface area contributed by atoms with Crippen LogP contribution in [0.1, 0.15) is 18.0 Å². The third-order valence-electron chi connectivity index (χ3n) is 3.34. The molecule has 2 aromatic rings. The summed E-state index contributed by atoms with van der Waals surface area (Å²) in [6, 6.07) is 6.86. The highest BCUT2D eigenvalue weighted by molar-refractivity contribution is 6.30. The Labute approximate surface area is 136 Å². The fourth-order valence-electron chi connectivity index (χ4n) is 2.35. The van der Waals surface area contributed by atoms with E-state index >= 15 is 0 Å². The topological polar surface area (TPSA) is 98.1 Å². The molecule has 2 N–H and O–H groups in total. The number of aromatic nitrogens is 3. The van der Waals surface area contributed by atoms with E-state index < -0.39 is 0 Å². The normalized spacial score (nSPS) is 16.6. The van der Waals surface area contributed by atoms with E-state index in [1.807, 2.05) is 12.1 Å². The van der Waals surface area contributed by atoms with Crippen LogP contribution >= 0.6 is 11.6 Å².